The lowest BCUT2D eigenvalue weighted by Crippen LogP contribution is -2.52. The standard InChI is InChI=1S/C26H28N6O3S/c1-16-8-9-17(14-27-16)15-31-25(36(34)19-12-10-18(35-3)11-13-19)22-23(29-31)32-21-7-5-4-6-20(21)28-26(32)30(2)24(22)33/h8-14,20-21H,4-7,15H2,1-3H3. The fraction of sp³-hybridized carbons (Fsp3) is 0.385. The lowest BCUT2D eigenvalue weighted by molar-refractivity contribution is 0.0861. The van der Waals surface area contributed by atoms with E-state index in [-0.39, 0.29) is 18.0 Å². The van der Waals surface area contributed by atoms with Crippen LogP contribution in [0.3, 0.4) is 0 Å². The summed E-state index contributed by atoms with van der Waals surface area (Å²) in [6, 6.07) is 11.3. The van der Waals surface area contributed by atoms with Crippen LogP contribution in [0.2, 0.25) is 0 Å². The molecule has 4 heterocycles. The number of carbonyl (C=O) groups excluding carboxylic acids is 1. The van der Waals surface area contributed by atoms with Crippen molar-refractivity contribution in [1.29, 1.82) is 0 Å². The predicted molar refractivity (Wildman–Crippen MR) is 136 cm³/mol. The summed E-state index contributed by atoms with van der Waals surface area (Å²) in [6.07, 6.45) is 6.04. The Bertz CT molecular complexity index is 1340. The maximum Gasteiger partial charge on any atom is 0.271 e. The van der Waals surface area contributed by atoms with E-state index in [1.165, 1.54) is 0 Å². The Morgan fingerprint density at radius 2 is 1.92 bits per heavy atom. The van der Waals surface area contributed by atoms with Crippen molar-refractivity contribution in [2.45, 2.75) is 61.2 Å². The molecule has 1 fully saturated rings. The summed E-state index contributed by atoms with van der Waals surface area (Å²) in [5, 5.41) is 5.33. The van der Waals surface area contributed by atoms with Crippen molar-refractivity contribution in [3.63, 3.8) is 0 Å². The van der Waals surface area contributed by atoms with E-state index in [0.717, 1.165) is 36.9 Å². The highest BCUT2D eigenvalue weighted by Crippen LogP contribution is 2.42. The number of methoxy groups -OCH3 is 1. The van der Waals surface area contributed by atoms with Gasteiger partial charge in [-0.3, -0.25) is 19.6 Å². The monoisotopic (exact) mass is 504 g/mol. The van der Waals surface area contributed by atoms with Crippen LogP contribution in [-0.2, 0) is 17.7 Å². The average molecular weight is 505 g/mol. The fourth-order valence-corrected chi connectivity index (χ4v) is 6.59. The number of aliphatic imine (C=N–C) groups is 1. The van der Waals surface area contributed by atoms with Gasteiger partial charge in [0.15, 0.2) is 16.3 Å². The molecule has 186 valence electrons. The summed E-state index contributed by atoms with van der Waals surface area (Å²) >= 11 is -1.65. The van der Waals surface area contributed by atoms with Gasteiger partial charge in [-0.25, -0.2) is 9.67 Å². The number of aromatic nitrogens is 3. The minimum atomic E-state index is -1.65. The number of rotatable bonds is 5. The van der Waals surface area contributed by atoms with Crippen LogP contribution in [0.5, 0.6) is 5.75 Å². The van der Waals surface area contributed by atoms with Crippen LogP contribution in [0.15, 0.2) is 57.5 Å². The first-order chi connectivity index (χ1) is 17.5. The van der Waals surface area contributed by atoms with Crippen molar-refractivity contribution in [3.05, 3.63) is 59.4 Å². The van der Waals surface area contributed by atoms with Gasteiger partial charge in [0.05, 0.1) is 25.7 Å². The van der Waals surface area contributed by atoms with Crippen molar-refractivity contribution < 1.29 is 14.1 Å². The number of hydrogen-bond donors (Lipinski definition) is 0. The maximum atomic E-state index is 14.0. The second-order valence-electron chi connectivity index (χ2n) is 9.50. The summed E-state index contributed by atoms with van der Waals surface area (Å²) in [5.74, 6) is 1.65. The first kappa shape index (κ1) is 23.1. The van der Waals surface area contributed by atoms with E-state index in [0.29, 0.717) is 39.6 Å². The van der Waals surface area contributed by atoms with Crippen LogP contribution in [0, 0.1) is 6.92 Å². The van der Waals surface area contributed by atoms with Crippen molar-refractivity contribution >= 4 is 28.9 Å². The fourth-order valence-electron chi connectivity index (χ4n) is 5.32. The molecule has 9 nitrogen and oxygen atoms in total. The molecule has 3 aliphatic rings. The molecule has 1 saturated carbocycles. The number of anilines is 1. The number of ether oxygens (including phenoxy) is 1. The van der Waals surface area contributed by atoms with Crippen LogP contribution >= 0.6 is 0 Å². The van der Waals surface area contributed by atoms with Crippen LogP contribution in [-0.4, -0.2) is 62.3 Å². The normalized spacial score (nSPS) is 21.6. The summed E-state index contributed by atoms with van der Waals surface area (Å²) in [7, 11) is 3.34. The molecular formula is C26H28N6O3S. The molecule has 2 aromatic heterocycles. The molecule has 3 unspecified atom stereocenters. The van der Waals surface area contributed by atoms with Crippen molar-refractivity contribution in [1.82, 2.24) is 19.7 Å². The van der Waals surface area contributed by atoms with Crippen LogP contribution in [0.1, 0.15) is 47.3 Å². The van der Waals surface area contributed by atoms with Crippen LogP contribution in [0.25, 0.3) is 0 Å². The van der Waals surface area contributed by atoms with Gasteiger partial charge in [0, 0.05) is 30.1 Å². The van der Waals surface area contributed by atoms with Crippen molar-refractivity contribution in [2.75, 3.05) is 19.1 Å². The molecular weight excluding hydrogens is 476 g/mol. The quantitative estimate of drug-likeness (QED) is 0.494. The average Bonchev–Trinajstić information content (AvgIpc) is 3.47. The lowest BCUT2D eigenvalue weighted by atomic mass is 9.90. The Morgan fingerprint density at radius 1 is 1.14 bits per heavy atom. The number of carbonyl (C=O) groups is 1. The molecule has 0 bridgehead atoms. The zero-order chi connectivity index (χ0) is 25.0. The first-order valence-corrected chi connectivity index (χ1v) is 13.3. The third-order valence-corrected chi connectivity index (χ3v) is 8.68. The highest BCUT2D eigenvalue weighted by Gasteiger charge is 2.50. The predicted octanol–water partition coefficient (Wildman–Crippen LogP) is 3.38. The molecule has 10 heteroatoms. The lowest BCUT2D eigenvalue weighted by Gasteiger charge is -2.36. The smallest absolute Gasteiger partial charge is 0.271 e. The highest BCUT2D eigenvalue weighted by molar-refractivity contribution is 7.91. The Balaban J connectivity index is 1.50. The number of amides is 1. The second-order valence-corrected chi connectivity index (χ2v) is 10.9. The van der Waals surface area contributed by atoms with E-state index in [9.17, 15) is 9.35 Å². The van der Waals surface area contributed by atoms with Gasteiger partial charge < -0.3 is 9.29 Å². The van der Waals surface area contributed by atoms with E-state index in [1.54, 1.807) is 54.2 Å². The zero-order valence-electron chi connectivity index (χ0n) is 20.5. The number of benzene rings is 1. The molecule has 0 N–H and O–H groups in total. The Labute approximate surface area is 213 Å². The van der Waals surface area contributed by atoms with Gasteiger partial charge in [0.25, 0.3) is 10.9 Å². The summed E-state index contributed by atoms with van der Waals surface area (Å²) in [4.78, 5) is 27.3. The van der Waals surface area contributed by atoms with E-state index in [4.69, 9.17) is 14.8 Å². The molecule has 0 saturated heterocycles. The molecule has 36 heavy (non-hydrogen) atoms. The van der Waals surface area contributed by atoms with Crippen LogP contribution in [0.4, 0.5) is 5.82 Å². The Hall–Kier alpha value is -3.37. The van der Waals surface area contributed by atoms with Crippen molar-refractivity contribution in [2.24, 2.45) is 4.99 Å². The van der Waals surface area contributed by atoms with Gasteiger partial charge in [0.1, 0.15) is 5.75 Å². The van der Waals surface area contributed by atoms with Crippen molar-refractivity contribution in [3.8, 4) is 5.75 Å². The van der Waals surface area contributed by atoms with E-state index < -0.39 is 11.2 Å². The van der Waals surface area contributed by atoms with E-state index in [2.05, 4.69) is 9.88 Å². The molecule has 1 aromatic carbocycles. The number of fused-ring (bicyclic) bond motifs is 5. The Morgan fingerprint density at radius 3 is 2.64 bits per heavy atom. The third-order valence-electron chi connectivity index (χ3n) is 7.21. The van der Waals surface area contributed by atoms with Gasteiger partial charge in [-0.15, -0.1) is 5.10 Å². The van der Waals surface area contributed by atoms with Gasteiger partial charge >= 0.3 is 0 Å². The SMILES string of the molecule is COc1ccc([S+]([O-])c2c3c(nn2Cc2ccc(C)nc2)N2C(=NC4CCCCC42)N(C)C3=O)cc1. The van der Waals surface area contributed by atoms with E-state index >= 15 is 0 Å². The number of hydrogen-bond acceptors (Lipinski definition) is 7. The molecule has 3 atom stereocenters. The highest BCUT2D eigenvalue weighted by atomic mass is 32.2. The first-order valence-electron chi connectivity index (χ1n) is 12.2. The molecule has 1 amide bonds. The molecule has 6 rings (SSSR count). The minimum Gasteiger partial charge on any atom is -0.605 e. The van der Waals surface area contributed by atoms with Gasteiger partial charge in [-0.2, -0.15) is 0 Å². The topological polar surface area (TPSA) is 98.9 Å². The number of nitrogens with zero attached hydrogens (tertiary/aromatic N) is 6. The molecule has 3 aromatic rings. The van der Waals surface area contributed by atoms with Crippen LogP contribution < -0.4 is 9.64 Å². The summed E-state index contributed by atoms with van der Waals surface area (Å²) < 4.78 is 21.0. The molecule has 0 spiro atoms. The minimum absolute atomic E-state index is 0.150. The molecule has 1 aliphatic carbocycles. The number of aryl methyl sites for hydroxylation is 1. The third kappa shape index (κ3) is 3.67. The van der Waals surface area contributed by atoms with E-state index in [1.807, 2.05) is 19.1 Å². The summed E-state index contributed by atoms with van der Waals surface area (Å²) in [5.41, 5.74) is 2.22. The zero-order valence-corrected chi connectivity index (χ0v) is 21.4. The summed E-state index contributed by atoms with van der Waals surface area (Å²) in [6.45, 7) is 2.28. The molecule has 2 aliphatic heterocycles. The maximum absolute atomic E-state index is 14.0. The second kappa shape index (κ2) is 8.94. The number of pyridine rings is 1. The van der Waals surface area contributed by atoms with Gasteiger partial charge in [-0.05, 0) is 55.7 Å². The number of guanidine groups is 1. The van der Waals surface area contributed by atoms with Gasteiger partial charge in [0.2, 0.25) is 5.96 Å². The Kier molecular flexibility index (Phi) is 5.72. The molecule has 0 radical (unpaired) electrons. The largest absolute Gasteiger partial charge is 0.605 e. The van der Waals surface area contributed by atoms with Gasteiger partial charge in [-0.1, -0.05) is 18.9 Å².